The van der Waals surface area contributed by atoms with Crippen molar-refractivity contribution in [1.29, 1.82) is 0 Å². The molecule has 0 atom stereocenters. The number of benzene rings is 2. The highest BCUT2D eigenvalue weighted by Gasteiger charge is 2.05. The predicted octanol–water partition coefficient (Wildman–Crippen LogP) is 6.15. The van der Waals surface area contributed by atoms with Crippen LogP contribution in [0.25, 0.3) is 11.3 Å². The second-order valence-corrected chi connectivity index (χ2v) is 7.54. The highest BCUT2D eigenvalue weighted by Crippen LogP contribution is 2.25. The lowest BCUT2D eigenvalue weighted by molar-refractivity contribution is 0.305. The van der Waals surface area contributed by atoms with Crippen molar-refractivity contribution in [3.8, 4) is 17.0 Å². The van der Waals surface area contributed by atoms with Crippen molar-refractivity contribution < 1.29 is 4.74 Å². The smallest absolute Gasteiger partial charge is 0.140 e. The topological polar surface area (TPSA) is 22.1 Å². The van der Waals surface area contributed by atoms with Gasteiger partial charge >= 0.3 is 0 Å². The fourth-order valence-corrected chi connectivity index (χ4v) is 3.58. The number of nitrogens with zero attached hydrogens (tertiary/aromatic N) is 1. The van der Waals surface area contributed by atoms with Crippen molar-refractivity contribution in [1.82, 2.24) is 4.98 Å². The van der Waals surface area contributed by atoms with Crippen LogP contribution in [-0.2, 0) is 6.61 Å². The lowest BCUT2D eigenvalue weighted by atomic mass is 10.2. The number of ether oxygens (including phenoxy) is 1. The van der Waals surface area contributed by atoms with Gasteiger partial charge in [-0.25, -0.2) is 4.98 Å². The number of rotatable bonds is 6. The van der Waals surface area contributed by atoms with E-state index in [1.807, 2.05) is 53.5 Å². The Kier molecular flexibility index (Phi) is 5.60. The van der Waals surface area contributed by atoms with Gasteiger partial charge in [0.25, 0.3) is 0 Å². The molecule has 0 N–H and O–H groups in total. The van der Waals surface area contributed by atoms with Crippen LogP contribution in [0.5, 0.6) is 5.75 Å². The summed E-state index contributed by atoms with van der Waals surface area (Å²) in [6.45, 7) is 2.63. The molecule has 3 aromatic rings. The molecule has 0 saturated carbocycles. The maximum Gasteiger partial charge on any atom is 0.140 e. The Morgan fingerprint density at radius 2 is 1.83 bits per heavy atom. The fraction of sp³-hybridized carbons (Fsp3) is 0.167. The number of hydrogen-bond acceptors (Lipinski definition) is 4. The summed E-state index contributed by atoms with van der Waals surface area (Å²) in [4.78, 5) is 5.88. The molecule has 0 aliphatic carbocycles. The largest absolute Gasteiger partial charge is 0.486 e. The first-order valence-corrected chi connectivity index (χ1v) is 9.55. The molecule has 5 heteroatoms. The third kappa shape index (κ3) is 4.50. The second-order valence-electron chi connectivity index (χ2n) is 4.83. The molecule has 0 aliphatic heterocycles. The molecule has 2 aromatic carbocycles. The Labute approximate surface area is 149 Å². The average Bonchev–Trinajstić information content (AvgIpc) is 3.04. The Bertz CT molecular complexity index is 753. The van der Waals surface area contributed by atoms with Crippen LogP contribution >= 0.6 is 34.7 Å². The van der Waals surface area contributed by atoms with Crippen LogP contribution in [0, 0.1) is 0 Å². The van der Waals surface area contributed by atoms with E-state index in [4.69, 9.17) is 16.3 Å². The molecule has 1 aromatic heterocycles. The van der Waals surface area contributed by atoms with Gasteiger partial charge in [0.2, 0.25) is 0 Å². The molecule has 2 nitrogen and oxygen atoms in total. The molecule has 23 heavy (non-hydrogen) atoms. The Balaban J connectivity index is 1.61. The van der Waals surface area contributed by atoms with Crippen molar-refractivity contribution in [2.24, 2.45) is 0 Å². The van der Waals surface area contributed by atoms with Gasteiger partial charge < -0.3 is 4.74 Å². The minimum Gasteiger partial charge on any atom is -0.486 e. The SMILES string of the molecule is CCSc1ccc(OCc2nc(-c3ccc(Cl)cc3)cs2)cc1. The van der Waals surface area contributed by atoms with E-state index in [1.165, 1.54) is 4.90 Å². The van der Waals surface area contributed by atoms with E-state index in [9.17, 15) is 0 Å². The standard InChI is InChI=1S/C18H16ClNOS2/c1-2-22-16-9-7-15(8-10-16)21-11-18-20-17(12-23-18)13-3-5-14(19)6-4-13/h3-10,12H,2,11H2,1H3. The molecule has 0 spiro atoms. The molecule has 0 unspecified atom stereocenters. The lowest BCUT2D eigenvalue weighted by Crippen LogP contribution is -1.94. The minimum atomic E-state index is 0.485. The van der Waals surface area contributed by atoms with Gasteiger partial charge in [-0.2, -0.15) is 0 Å². The highest BCUT2D eigenvalue weighted by atomic mass is 35.5. The Hall–Kier alpha value is -1.49. The van der Waals surface area contributed by atoms with Crippen molar-refractivity contribution in [3.05, 3.63) is 63.9 Å². The zero-order valence-corrected chi connectivity index (χ0v) is 15.0. The molecule has 3 rings (SSSR count). The van der Waals surface area contributed by atoms with Gasteiger partial charge in [-0.05, 0) is 42.2 Å². The molecular formula is C18H16ClNOS2. The molecule has 118 valence electrons. The molecule has 0 aliphatic rings. The molecule has 0 bridgehead atoms. The second kappa shape index (κ2) is 7.86. The first kappa shape index (κ1) is 16.4. The van der Waals surface area contributed by atoms with Crippen molar-refractivity contribution >= 4 is 34.7 Å². The van der Waals surface area contributed by atoms with Gasteiger partial charge in [0.15, 0.2) is 0 Å². The van der Waals surface area contributed by atoms with E-state index in [1.54, 1.807) is 11.3 Å². The van der Waals surface area contributed by atoms with Crippen LogP contribution in [0.15, 0.2) is 58.8 Å². The lowest BCUT2D eigenvalue weighted by Gasteiger charge is -2.05. The fourth-order valence-electron chi connectivity index (χ4n) is 2.07. The van der Waals surface area contributed by atoms with E-state index in [0.29, 0.717) is 6.61 Å². The Morgan fingerprint density at radius 1 is 1.09 bits per heavy atom. The van der Waals surface area contributed by atoms with E-state index in [-0.39, 0.29) is 0 Å². The van der Waals surface area contributed by atoms with Crippen molar-refractivity contribution in [3.63, 3.8) is 0 Å². The summed E-state index contributed by atoms with van der Waals surface area (Å²) in [5.74, 6) is 1.95. The van der Waals surface area contributed by atoms with Crippen LogP contribution in [-0.4, -0.2) is 10.7 Å². The quantitative estimate of drug-likeness (QED) is 0.491. The zero-order valence-electron chi connectivity index (χ0n) is 12.7. The van der Waals surface area contributed by atoms with E-state index >= 15 is 0 Å². The summed E-state index contributed by atoms with van der Waals surface area (Å²) in [7, 11) is 0. The number of thioether (sulfide) groups is 1. The number of thiazole rings is 1. The first-order chi connectivity index (χ1) is 11.2. The summed E-state index contributed by atoms with van der Waals surface area (Å²) in [6, 6.07) is 15.9. The van der Waals surface area contributed by atoms with Crippen LogP contribution in [0.4, 0.5) is 0 Å². The first-order valence-electron chi connectivity index (χ1n) is 7.30. The van der Waals surface area contributed by atoms with E-state index < -0.39 is 0 Å². The third-order valence-electron chi connectivity index (χ3n) is 3.19. The summed E-state index contributed by atoms with van der Waals surface area (Å²) in [6.07, 6.45) is 0. The molecule has 0 radical (unpaired) electrons. The number of halogens is 1. The molecule has 0 fully saturated rings. The normalized spacial score (nSPS) is 10.7. The molecule has 1 heterocycles. The number of aromatic nitrogens is 1. The molecule has 0 saturated heterocycles. The molecular weight excluding hydrogens is 346 g/mol. The van der Waals surface area contributed by atoms with Crippen LogP contribution in [0.2, 0.25) is 5.02 Å². The molecule has 0 amide bonds. The van der Waals surface area contributed by atoms with Crippen molar-refractivity contribution in [2.75, 3.05) is 5.75 Å². The van der Waals surface area contributed by atoms with Gasteiger partial charge in [0, 0.05) is 20.9 Å². The third-order valence-corrected chi connectivity index (χ3v) is 5.16. The predicted molar refractivity (Wildman–Crippen MR) is 99.7 cm³/mol. The van der Waals surface area contributed by atoms with Crippen molar-refractivity contribution in [2.45, 2.75) is 18.4 Å². The maximum absolute atomic E-state index is 5.91. The number of hydrogen-bond donors (Lipinski definition) is 0. The van der Waals surface area contributed by atoms with Gasteiger partial charge in [0.05, 0.1) is 5.69 Å². The van der Waals surface area contributed by atoms with E-state index in [2.05, 4.69) is 24.0 Å². The minimum absolute atomic E-state index is 0.485. The highest BCUT2D eigenvalue weighted by molar-refractivity contribution is 7.99. The average molecular weight is 362 g/mol. The van der Waals surface area contributed by atoms with E-state index in [0.717, 1.165) is 32.8 Å². The Morgan fingerprint density at radius 3 is 2.52 bits per heavy atom. The summed E-state index contributed by atoms with van der Waals surface area (Å²) < 4.78 is 5.81. The summed E-state index contributed by atoms with van der Waals surface area (Å²) in [5.41, 5.74) is 2.03. The monoisotopic (exact) mass is 361 g/mol. The summed E-state index contributed by atoms with van der Waals surface area (Å²) in [5, 5.41) is 3.74. The zero-order chi connectivity index (χ0) is 16.1. The van der Waals surface area contributed by atoms with Gasteiger partial charge in [-0.1, -0.05) is 30.7 Å². The van der Waals surface area contributed by atoms with Crippen LogP contribution < -0.4 is 4.74 Å². The van der Waals surface area contributed by atoms with Crippen LogP contribution in [0.1, 0.15) is 11.9 Å². The van der Waals surface area contributed by atoms with Gasteiger partial charge in [-0.15, -0.1) is 23.1 Å². The van der Waals surface area contributed by atoms with Gasteiger partial charge in [-0.3, -0.25) is 0 Å². The van der Waals surface area contributed by atoms with Gasteiger partial charge in [0.1, 0.15) is 17.4 Å². The summed E-state index contributed by atoms with van der Waals surface area (Å²) >= 11 is 9.34. The van der Waals surface area contributed by atoms with Crippen LogP contribution in [0.3, 0.4) is 0 Å². The maximum atomic E-state index is 5.91.